The van der Waals surface area contributed by atoms with Crippen LogP contribution in [-0.4, -0.2) is 102 Å². The molecule has 44 heavy (non-hydrogen) atoms. The third kappa shape index (κ3) is 7.64. The number of fused-ring (bicyclic) bond motifs is 1. The summed E-state index contributed by atoms with van der Waals surface area (Å²) in [5.74, 6) is -1.02. The smallest absolute Gasteiger partial charge is 0.407 e. The van der Waals surface area contributed by atoms with Gasteiger partial charge in [-0.3, -0.25) is 9.69 Å². The molecule has 7 atom stereocenters. The second kappa shape index (κ2) is 14.4. The highest BCUT2D eigenvalue weighted by molar-refractivity contribution is 5.71. The number of halogens is 1. The molecule has 3 fully saturated rings. The number of hydrogen-bond acceptors (Lipinski definition) is 7. The Hall–Kier alpha value is -2.95. The average Bonchev–Trinajstić information content (AvgIpc) is 3.47. The number of piperazine rings is 1. The Morgan fingerprint density at radius 3 is 2.55 bits per heavy atom. The van der Waals surface area contributed by atoms with Crippen molar-refractivity contribution in [2.24, 2.45) is 17.8 Å². The highest BCUT2D eigenvalue weighted by atomic mass is 19.1. The fourth-order valence-electron chi connectivity index (χ4n) is 7.62. The summed E-state index contributed by atoms with van der Waals surface area (Å²) in [6, 6.07) is 4.91. The van der Waals surface area contributed by atoms with Crippen molar-refractivity contribution in [3.8, 4) is 0 Å². The third-order valence-electron chi connectivity index (χ3n) is 9.95. The fraction of sp³-hybridized carbons (Fsp3) is 0.647. The van der Waals surface area contributed by atoms with Gasteiger partial charge in [-0.1, -0.05) is 32.1 Å². The minimum absolute atomic E-state index is 0.0639. The first-order valence-electron chi connectivity index (χ1n) is 16.2. The molecular formula is C34H48FN3O6. The number of carbonyl (C=O) groups is 2. The molecule has 242 valence electrons. The second-order valence-corrected chi connectivity index (χ2v) is 13.1. The quantitative estimate of drug-likeness (QED) is 0.369. The fourth-order valence-corrected chi connectivity index (χ4v) is 7.62. The van der Waals surface area contributed by atoms with Crippen LogP contribution in [0.3, 0.4) is 0 Å². The molecule has 3 saturated heterocycles. The van der Waals surface area contributed by atoms with Crippen molar-refractivity contribution in [3.05, 3.63) is 47.3 Å². The lowest BCUT2D eigenvalue weighted by Crippen LogP contribution is -2.61. The van der Waals surface area contributed by atoms with Gasteiger partial charge in [-0.05, 0) is 74.4 Å². The van der Waals surface area contributed by atoms with Crippen LogP contribution in [0.5, 0.6) is 0 Å². The van der Waals surface area contributed by atoms with Crippen LogP contribution in [0, 0.1) is 23.6 Å². The Bertz CT molecular complexity index is 1230. The summed E-state index contributed by atoms with van der Waals surface area (Å²) in [6.07, 6.45) is 6.69. The molecule has 4 heterocycles. The number of aliphatic hydroxyl groups excluding tert-OH is 1. The highest BCUT2D eigenvalue weighted by Gasteiger charge is 2.45. The molecule has 2 unspecified atom stereocenters. The predicted molar refractivity (Wildman–Crippen MR) is 167 cm³/mol. The van der Waals surface area contributed by atoms with Crippen molar-refractivity contribution in [2.45, 2.75) is 77.2 Å². The van der Waals surface area contributed by atoms with Crippen molar-refractivity contribution in [1.29, 1.82) is 0 Å². The Balaban J connectivity index is 1.46. The number of ether oxygens (including phenoxy) is 2. The number of benzene rings is 1. The van der Waals surface area contributed by atoms with Crippen molar-refractivity contribution >= 4 is 23.8 Å². The van der Waals surface area contributed by atoms with E-state index in [1.54, 1.807) is 4.90 Å². The summed E-state index contributed by atoms with van der Waals surface area (Å²) in [7, 11) is 0. The lowest BCUT2D eigenvalue weighted by atomic mass is 9.77. The van der Waals surface area contributed by atoms with Gasteiger partial charge >= 0.3 is 12.1 Å². The zero-order valence-electron chi connectivity index (χ0n) is 26.2. The highest BCUT2D eigenvalue weighted by Crippen LogP contribution is 2.37. The van der Waals surface area contributed by atoms with E-state index in [2.05, 4.69) is 28.9 Å². The standard InChI is InChI=1S/C34H48FN3O6/c1-22-6-8-28(39)21-31(40)44-33(24(3)17-25-18-26(35)20-27(19-25)36-13-15-43-16-14-36)23(2)7-9-29(22)32-30-5-4-10-37(30)11-12-38(32)34(41)42/h7,9,17-20,22-23,28-30,32-33,39H,4-6,8,10-16,21H2,1-3H3,(H,41,42)/b9-7+,24-17+/t22-,23-,28+,29-,30?,32?,33-/m0/s1. The number of carboxylic acid groups (broad SMARTS) is 1. The summed E-state index contributed by atoms with van der Waals surface area (Å²) in [6.45, 7) is 10.8. The maximum atomic E-state index is 14.7. The molecule has 10 heteroatoms. The van der Waals surface area contributed by atoms with Crippen LogP contribution in [-0.2, 0) is 14.3 Å². The van der Waals surface area contributed by atoms with Crippen molar-refractivity contribution in [2.75, 3.05) is 50.8 Å². The number of carbonyl (C=O) groups excluding carboxylic acids is 1. The zero-order chi connectivity index (χ0) is 31.4. The van der Waals surface area contributed by atoms with Crippen LogP contribution in [0.1, 0.15) is 58.4 Å². The van der Waals surface area contributed by atoms with E-state index in [4.69, 9.17) is 9.47 Å². The number of amides is 1. The maximum Gasteiger partial charge on any atom is 0.407 e. The van der Waals surface area contributed by atoms with Crippen LogP contribution in [0.2, 0.25) is 0 Å². The molecule has 9 nitrogen and oxygen atoms in total. The lowest BCUT2D eigenvalue weighted by Gasteiger charge is -2.48. The molecule has 0 saturated carbocycles. The monoisotopic (exact) mass is 613 g/mol. The van der Waals surface area contributed by atoms with E-state index in [-0.39, 0.29) is 42.1 Å². The summed E-state index contributed by atoms with van der Waals surface area (Å²) >= 11 is 0. The van der Waals surface area contributed by atoms with E-state index < -0.39 is 24.3 Å². The lowest BCUT2D eigenvalue weighted by molar-refractivity contribution is -0.151. The summed E-state index contributed by atoms with van der Waals surface area (Å²) < 4.78 is 26.2. The molecule has 0 aliphatic carbocycles. The number of esters is 1. The Kier molecular flexibility index (Phi) is 10.6. The van der Waals surface area contributed by atoms with Gasteiger partial charge in [0.1, 0.15) is 11.9 Å². The van der Waals surface area contributed by atoms with Crippen LogP contribution in [0.4, 0.5) is 14.9 Å². The molecule has 1 aromatic carbocycles. The molecule has 4 aliphatic heterocycles. The van der Waals surface area contributed by atoms with Gasteiger partial charge in [0.15, 0.2) is 0 Å². The van der Waals surface area contributed by atoms with Crippen LogP contribution in [0.15, 0.2) is 35.9 Å². The van der Waals surface area contributed by atoms with E-state index in [0.717, 1.165) is 37.2 Å². The molecule has 0 bridgehead atoms. The molecule has 1 aromatic rings. The number of hydrogen-bond donors (Lipinski definition) is 2. The van der Waals surface area contributed by atoms with E-state index in [1.807, 2.05) is 26.0 Å². The van der Waals surface area contributed by atoms with Gasteiger partial charge in [-0.25, -0.2) is 9.18 Å². The van der Waals surface area contributed by atoms with E-state index in [0.29, 0.717) is 51.3 Å². The maximum absolute atomic E-state index is 14.7. The third-order valence-corrected chi connectivity index (χ3v) is 9.95. The van der Waals surface area contributed by atoms with Crippen LogP contribution >= 0.6 is 0 Å². The number of cyclic esters (lactones) is 1. The van der Waals surface area contributed by atoms with Gasteiger partial charge in [0, 0.05) is 49.7 Å². The molecule has 1 amide bonds. The number of rotatable bonds is 4. The second-order valence-electron chi connectivity index (χ2n) is 13.1. The molecule has 2 N–H and O–H groups in total. The molecule has 0 radical (unpaired) electrons. The number of nitrogens with zero attached hydrogens (tertiary/aromatic N) is 3. The van der Waals surface area contributed by atoms with Crippen LogP contribution in [0.25, 0.3) is 6.08 Å². The van der Waals surface area contributed by atoms with Crippen molar-refractivity contribution in [1.82, 2.24) is 9.80 Å². The van der Waals surface area contributed by atoms with Crippen molar-refractivity contribution in [3.63, 3.8) is 0 Å². The normalized spacial score (nSPS) is 33.6. The molecule has 0 aromatic heterocycles. The zero-order valence-corrected chi connectivity index (χ0v) is 26.2. The van der Waals surface area contributed by atoms with Crippen LogP contribution < -0.4 is 4.90 Å². The summed E-state index contributed by atoms with van der Waals surface area (Å²) in [5, 5.41) is 21.0. The molecule has 4 aliphatic rings. The predicted octanol–water partition coefficient (Wildman–Crippen LogP) is 4.79. The average molecular weight is 614 g/mol. The van der Waals surface area contributed by atoms with E-state index in [9.17, 15) is 24.2 Å². The Labute approximate surface area is 260 Å². The minimum atomic E-state index is -0.890. The molecular weight excluding hydrogens is 565 g/mol. The largest absolute Gasteiger partial charge is 0.465 e. The molecule has 5 rings (SSSR count). The first-order chi connectivity index (χ1) is 21.1. The minimum Gasteiger partial charge on any atom is -0.465 e. The van der Waals surface area contributed by atoms with Crippen molar-refractivity contribution < 1.29 is 33.7 Å². The first-order valence-corrected chi connectivity index (χ1v) is 16.2. The number of aliphatic hydroxyl groups is 1. The number of morpholine rings is 1. The van der Waals surface area contributed by atoms with Gasteiger partial charge in [0.25, 0.3) is 0 Å². The van der Waals surface area contributed by atoms with Gasteiger partial charge in [0.2, 0.25) is 0 Å². The first kappa shape index (κ1) is 32.4. The van der Waals surface area contributed by atoms with Gasteiger partial charge < -0.3 is 29.5 Å². The SMILES string of the molecule is C/C(=C\c1cc(F)cc(N2CCOCC2)c1)[C@H]1OC(=O)C[C@H](O)CC[C@H](C)[C@@H](C2C3CCCN3CCN2C(=O)O)/C=C/[C@@H]1C. The van der Waals surface area contributed by atoms with E-state index >= 15 is 0 Å². The molecule has 0 spiro atoms. The van der Waals surface area contributed by atoms with E-state index in [1.165, 1.54) is 12.1 Å². The summed E-state index contributed by atoms with van der Waals surface area (Å²) in [4.78, 5) is 31.6. The topological polar surface area (TPSA) is 103 Å². The number of anilines is 1. The van der Waals surface area contributed by atoms with Gasteiger partial charge in [-0.2, -0.15) is 0 Å². The van der Waals surface area contributed by atoms with Gasteiger partial charge in [0.05, 0.1) is 31.8 Å². The van der Waals surface area contributed by atoms with Gasteiger partial charge in [-0.15, -0.1) is 0 Å². The summed E-state index contributed by atoms with van der Waals surface area (Å²) in [5.41, 5.74) is 2.22. The Morgan fingerprint density at radius 1 is 1.02 bits per heavy atom. The Morgan fingerprint density at radius 2 is 1.80 bits per heavy atom.